The second kappa shape index (κ2) is 6.24. The van der Waals surface area contributed by atoms with Crippen molar-refractivity contribution in [1.82, 2.24) is 35.6 Å². The van der Waals surface area contributed by atoms with Gasteiger partial charge < -0.3 is 9.84 Å². The number of nitrogens with zero attached hydrogens (tertiary/aromatic N) is 6. The summed E-state index contributed by atoms with van der Waals surface area (Å²) in [6.07, 6.45) is 0. The van der Waals surface area contributed by atoms with Crippen molar-refractivity contribution in [2.45, 2.75) is 13.8 Å². The van der Waals surface area contributed by atoms with E-state index >= 15 is 0 Å². The minimum absolute atomic E-state index is 0.106. The van der Waals surface area contributed by atoms with Crippen molar-refractivity contribution in [3.8, 4) is 17.2 Å². The van der Waals surface area contributed by atoms with E-state index in [4.69, 9.17) is 4.52 Å². The zero-order valence-corrected chi connectivity index (χ0v) is 14.0. The van der Waals surface area contributed by atoms with Crippen LogP contribution in [-0.4, -0.2) is 41.5 Å². The molecule has 0 aliphatic carbocycles. The number of benzene rings is 1. The quantitative estimate of drug-likeness (QED) is 0.575. The van der Waals surface area contributed by atoms with Gasteiger partial charge in [0, 0.05) is 11.6 Å². The van der Waals surface area contributed by atoms with Crippen LogP contribution in [0.4, 0.5) is 5.69 Å². The number of aromatic amines is 1. The van der Waals surface area contributed by atoms with Gasteiger partial charge >= 0.3 is 0 Å². The maximum atomic E-state index is 12.5. The normalized spacial score (nSPS) is 10.8. The van der Waals surface area contributed by atoms with Gasteiger partial charge in [-0.05, 0) is 19.1 Å². The second-order valence-electron chi connectivity index (χ2n) is 5.57. The molecule has 1 amide bonds. The number of hydrogen-bond acceptors (Lipinski definition) is 7. The molecule has 130 valence electrons. The summed E-state index contributed by atoms with van der Waals surface area (Å²) >= 11 is 0. The Hall–Kier alpha value is -3.82. The minimum Gasteiger partial charge on any atom is -0.350 e. The highest BCUT2D eigenvalue weighted by atomic mass is 16.5. The molecule has 1 aromatic carbocycles. The van der Waals surface area contributed by atoms with Crippen molar-refractivity contribution in [1.29, 1.82) is 0 Å². The minimum atomic E-state index is -0.418. The van der Waals surface area contributed by atoms with Crippen molar-refractivity contribution in [3.63, 3.8) is 0 Å². The number of carbonyl (C=O) groups excluding carboxylic acids is 1. The topological polar surface area (TPSA) is 127 Å². The van der Waals surface area contributed by atoms with E-state index in [0.29, 0.717) is 22.8 Å². The van der Waals surface area contributed by atoms with Gasteiger partial charge in [-0.25, -0.2) is 0 Å². The van der Waals surface area contributed by atoms with Crippen LogP contribution in [0.5, 0.6) is 0 Å². The summed E-state index contributed by atoms with van der Waals surface area (Å²) in [6.45, 7) is 3.57. The third kappa shape index (κ3) is 2.73. The number of tetrazole rings is 1. The van der Waals surface area contributed by atoms with Crippen LogP contribution in [0.25, 0.3) is 17.2 Å². The molecule has 0 saturated heterocycles. The van der Waals surface area contributed by atoms with Gasteiger partial charge in [0.25, 0.3) is 11.9 Å². The third-order valence-corrected chi connectivity index (χ3v) is 3.86. The lowest BCUT2D eigenvalue weighted by Gasteiger charge is -2.03. The fraction of sp³-hybridized carbons (Fsp3) is 0.125. The summed E-state index contributed by atoms with van der Waals surface area (Å²) in [5, 5.41) is 24.7. The van der Waals surface area contributed by atoms with Crippen LogP contribution in [0.3, 0.4) is 0 Å². The fourth-order valence-electron chi connectivity index (χ4n) is 2.57. The maximum absolute atomic E-state index is 12.5. The molecule has 2 N–H and O–H groups in total. The molecule has 4 aromatic rings. The van der Waals surface area contributed by atoms with Gasteiger partial charge in [-0.2, -0.15) is 15.0 Å². The number of nitrogens with one attached hydrogen (secondary N) is 2. The standard InChI is InChI=1S/C16H14N8O2/c1-9-14(10(2)24(20-9)16-18-22-23-19-16)17-15(25)13-8-12(21-26-13)11-6-4-3-5-7-11/h3-8H,1-2H3,(H,17,25)(H,18,19,22,23). The predicted octanol–water partition coefficient (Wildman–Crippen LogP) is 1.91. The van der Waals surface area contributed by atoms with Gasteiger partial charge in [0.2, 0.25) is 5.76 Å². The maximum Gasteiger partial charge on any atom is 0.294 e. The van der Waals surface area contributed by atoms with Crippen molar-refractivity contribution >= 4 is 11.6 Å². The molecule has 3 aromatic heterocycles. The highest BCUT2D eigenvalue weighted by Crippen LogP contribution is 2.23. The number of anilines is 1. The Balaban J connectivity index is 1.59. The summed E-state index contributed by atoms with van der Waals surface area (Å²) in [5.41, 5.74) is 3.29. The lowest BCUT2D eigenvalue weighted by Crippen LogP contribution is -2.12. The van der Waals surface area contributed by atoms with Gasteiger partial charge in [0.1, 0.15) is 5.69 Å². The lowest BCUT2D eigenvalue weighted by molar-refractivity contribution is 0.0988. The van der Waals surface area contributed by atoms with Crippen molar-refractivity contribution in [2.75, 3.05) is 5.32 Å². The van der Waals surface area contributed by atoms with E-state index in [1.54, 1.807) is 19.9 Å². The average Bonchev–Trinajstić information content (AvgIpc) is 3.39. The largest absolute Gasteiger partial charge is 0.350 e. The average molecular weight is 350 g/mol. The molecule has 0 spiro atoms. The van der Waals surface area contributed by atoms with Gasteiger partial charge in [-0.3, -0.25) is 4.79 Å². The van der Waals surface area contributed by atoms with Gasteiger partial charge in [0.15, 0.2) is 0 Å². The molecule has 0 fully saturated rings. The molecule has 0 bridgehead atoms. The van der Waals surface area contributed by atoms with E-state index < -0.39 is 5.91 Å². The fourth-order valence-corrected chi connectivity index (χ4v) is 2.57. The van der Waals surface area contributed by atoms with Gasteiger partial charge in [-0.1, -0.05) is 40.6 Å². The number of amides is 1. The monoisotopic (exact) mass is 350 g/mol. The molecule has 10 heteroatoms. The summed E-state index contributed by atoms with van der Waals surface area (Å²) in [4.78, 5) is 12.5. The van der Waals surface area contributed by atoms with Crippen molar-refractivity contribution in [3.05, 3.63) is 53.5 Å². The lowest BCUT2D eigenvalue weighted by atomic mass is 10.1. The highest BCUT2D eigenvalue weighted by Gasteiger charge is 2.20. The SMILES string of the molecule is Cc1nn(-c2nn[nH]n2)c(C)c1NC(=O)c1cc(-c2ccccc2)no1. The van der Waals surface area contributed by atoms with Crippen LogP contribution >= 0.6 is 0 Å². The summed E-state index contributed by atoms with van der Waals surface area (Å²) in [6, 6.07) is 11.1. The van der Waals surface area contributed by atoms with Gasteiger partial charge in [-0.15, -0.1) is 5.10 Å². The highest BCUT2D eigenvalue weighted by molar-refractivity contribution is 6.03. The molecule has 4 rings (SSSR count). The van der Waals surface area contributed by atoms with Crippen LogP contribution in [-0.2, 0) is 0 Å². The smallest absolute Gasteiger partial charge is 0.294 e. The number of carbonyl (C=O) groups is 1. The third-order valence-electron chi connectivity index (χ3n) is 3.86. The molecule has 26 heavy (non-hydrogen) atoms. The molecule has 0 saturated carbocycles. The van der Waals surface area contributed by atoms with E-state index in [1.807, 2.05) is 30.3 Å². The first-order valence-corrected chi connectivity index (χ1v) is 7.77. The number of aryl methyl sites for hydroxylation is 1. The van der Waals surface area contributed by atoms with E-state index in [1.165, 1.54) is 4.68 Å². The van der Waals surface area contributed by atoms with Gasteiger partial charge in [0.05, 0.1) is 17.1 Å². The Morgan fingerprint density at radius 2 is 2.04 bits per heavy atom. The van der Waals surface area contributed by atoms with Crippen LogP contribution in [0.2, 0.25) is 0 Å². The first-order chi connectivity index (χ1) is 12.6. The summed E-state index contributed by atoms with van der Waals surface area (Å²) in [5.74, 6) is -0.0226. The Morgan fingerprint density at radius 3 is 2.77 bits per heavy atom. The molecule has 0 aliphatic heterocycles. The van der Waals surface area contributed by atoms with Crippen LogP contribution in [0.1, 0.15) is 21.9 Å². The molecule has 10 nitrogen and oxygen atoms in total. The first-order valence-electron chi connectivity index (χ1n) is 7.77. The van der Waals surface area contributed by atoms with Crippen LogP contribution in [0, 0.1) is 13.8 Å². The first kappa shape index (κ1) is 15.7. The second-order valence-corrected chi connectivity index (χ2v) is 5.57. The molecule has 3 heterocycles. The summed E-state index contributed by atoms with van der Waals surface area (Å²) in [7, 11) is 0. The van der Waals surface area contributed by atoms with Crippen LogP contribution < -0.4 is 5.32 Å². The molecule has 0 radical (unpaired) electrons. The number of rotatable bonds is 4. The van der Waals surface area contributed by atoms with Crippen molar-refractivity contribution in [2.24, 2.45) is 0 Å². The van der Waals surface area contributed by atoms with Crippen molar-refractivity contribution < 1.29 is 9.32 Å². The van der Waals surface area contributed by atoms with E-state index in [9.17, 15) is 4.79 Å². The zero-order chi connectivity index (χ0) is 18.1. The molecule has 0 atom stereocenters. The Morgan fingerprint density at radius 1 is 1.23 bits per heavy atom. The molecular weight excluding hydrogens is 336 g/mol. The molecule has 0 unspecified atom stereocenters. The number of aromatic nitrogens is 7. The number of hydrogen-bond donors (Lipinski definition) is 2. The van der Waals surface area contributed by atoms with E-state index in [2.05, 4.69) is 36.2 Å². The zero-order valence-electron chi connectivity index (χ0n) is 14.0. The Labute approximate surface area is 147 Å². The number of H-pyrrole nitrogens is 1. The predicted molar refractivity (Wildman–Crippen MR) is 90.7 cm³/mol. The Kier molecular flexibility index (Phi) is 3.77. The molecular formula is C16H14N8O2. The Bertz CT molecular complexity index is 1050. The van der Waals surface area contributed by atoms with E-state index in [-0.39, 0.29) is 11.7 Å². The summed E-state index contributed by atoms with van der Waals surface area (Å²) < 4.78 is 6.67. The van der Waals surface area contributed by atoms with Crippen LogP contribution in [0.15, 0.2) is 40.9 Å². The van der Waals surface area contributed by atoms with E-state index in [0.717, 1.165) is 5.56 Å². The molecule has 0 aliphatic rings.